The molecular formula is C24H23F3N2O3. The lowest BCUT2D eigenvalue weighted by atomic mass is 9.78. The number of dihydropyridines is 1. The highest BCUT2D eigenvalue weighted by atomic mass is 19.4. The van der Waals surface area contributed by atoms with E-state index in [0.29, 0.717) is 11.4 Å². The van der Waals surface area contributed by atoms with Gasteiger partial charge in [-0.3, -0.25) is 4.79 Å². The van der Waals surface area contributed by atoms with Crippen molar-refractivity contribution in [1.29, 1.82) is 0 Å². The zero-order valence-corrected chi connectivity index (χ0v) is 17.8. The summed E-state index contributed by atoms with van der Waals surface area (Å²) in [5.41, 5.74) is 0.407. The number of halogens is 3. The van der Waals surface area contributed by atoms with E-state index in [9.17, 15) is 22.8 Å². The van der Waals surface area contributed by atoms with Crippen molar-refractivity contribution in [1.82, 2.24) is 10.6 Å². The fourth-order valence-electron chi connectivity index (χ4n) is 3.87. The van der Waals surface area contributed by atoms with Crippen LogP contribution in [0.4, 0.5) is 13.2 Å². The Hall–Kier alpha value is -3.55. The molecule has 0 radical (unpaired) electrons. The third-order valence-electron chi connectivity index (χ3n) is 5.28. The van der Waals surface area contributed by atoms with Gasteiger partial charge in [-0.2, -0.15) is 13.2 Å². The molecule has 0 saturated heterocycles. The maximum atomic E-state index is 13.8. The monoisotopic (exact) mass is 444 g/mol. The Bertz CT molecular complexity index is 1090. The zero-order valence-electron chi connectivity index (χ0n) is 17.8. The van der Waals surface area contributed by atoms with Crippen LogP contribution in [-0.2, 0) is 27.0 Å². The van der Waals surface area contributed by atoms with E-state index in [1.165, 1.54) is 18.2 Å². The molecule has 1 aliphatic heterocycles. The Morgan fingerprint density at radius 2 is 1.56 bits per heavy atom. The molecule has 3 rings (SSSR count). The molecular weight excluding hydrogens is 421 g/mol. The van der Waals surface area contributed by atoms with Gasteiger partial charge in [0.05, 0.1) is 24.2 Å². The maximum Gasteiger partial charge on any atom is 0.416 e. The number of hydrogen-bond acceptors (Lipinski definition) is 4. The highest BCUT2D eigenvalue weighted by Gasteiger charge is 2.42. The first-order chi connectivity index (χ1) is 15.1. The van der Waals surface area contributed by atoms with Crippen molar-refractivity contribution in [2.75, 3.05) is 7.11 Å². The van der Waals surface area contributed by atoms with Gasteiger partial charge in [-0.25, -0.2) is 4.79 Å². The highest BCUT2D eigenvalue weighted by molar-refractivity contribution is 6.02. The van der Waals surface area contributed by atoms with Crippen molar-refractivity contribution in [2.24, 2.45) is 0 Å². The molecule has 8 heteroatoms. The topological polar surface area (TPSA) is 67.4 Å². The summed E-state index contributed by atoms with van der Waals surface area (Å²) >= 11 is 0. The minimum atomic E-state index is -4.67. The van der Waals surface area contributed by atoms with Gasteiger partial charge >= 0.3 is 12.1 Å². The molecule has 0 bridgehead atoms. The zero-order chi connectivity index (χ0) is 23.5. The molecule has 0 aliphatic carbocycles. The second-order valence-electron chi connectivity index (χ2n) is 7.38. The van der Waals surface area contributed by atoms with Crippen molar-refractivity contribution in [3.8, 4) is 0 Å². The van der Waals surface area contributed by atoms with Crippen molar-refractivity contribution >= 4 is 11.9 Å². The maximum absolute atomic E-state index is 13.8. The predicted molar refractivity (Wildman–Crippen MR) is 113 cm³/mol. The lowest BCUT2D eigenvalue weighted by molar-refractivity contribution is -0.139. The molecule has 1 unspecified atom stereocenters. The molecule has 1 aliphatic rings. The first-order valence-electron chi connectivity index (χ1n) is 9.90. The summed E-state index contributed by atoms with van der Waals surface area (Å²) in [4.78, 5) is 25.8. The number of alkyl halides is 3. The Kier molecular flexibility index (Phi) is 6.72. The standard InChI is InChI=1S/C24H23F3N2O3/c1-14-19(22(30)28-13-16-9-5-4-6-10-16)21(20(15(2)29-14)23(31)32-3)17-11-7-8-12-18(17)24(25,26)27/h4-12,21,29H,13H2,1-3H3,(H,28,30). The molecule has 2 N–H and O–H groups in total. The average molecular weight is 444 g/mol. The minimum absolute atomic E-state index is 0.0311. The molecule has 168 valence electrons. The number of hydrogen-bond donors (Lipinski definition) is 2. The largest absolute Gasteiger partial charge is 0.466 e. The smallest absolute Gasteiger partial charge is 0.416 e. The molecule has 0 saturated carbocycles. The molecule has 32 heavy (non-hydrogen) atoms. The number of allylic oxidation sites excluding steroid dienone is 2. The normalized spacial score (nSPS) is 16.5. The molecule has 0 aromatic heterocycles. The third kappa shape index (κ3) is 4.69. The molecule has 1 heterocycles. The van der Waals surface area contributed by atoms with Gasteiger partial charge in [0.15, 0.2) is 0 Å². The van der Waals surface area contributed by atoms with Gasteiger partial charge < -0.3 is 15.4 Å². The van der Waals surface area contributed by atoms with Crippen molar-refractivity contribution < 1.29 is 27.5 Å². The number of ether oxygens (including phenoxy) is 1. The van der Waals surface area contributed by atoms with E-state index in [4.69, 9.17) is 4.74 Å². The Labute approximate surface area is 184 Å². The van der Waals surface area contributed by atoms with Gasteiger partial charge in [0, 0.05) is 23.5 Å². The van der Waals surface area contributed by atoms with Crippen LogP contribution in [0.3, 0.4) is 0 Å². The van der Waals surface area contributed by atoms with Crippen molar-refractivity contribution in [2.45, 2.75) is 32.5 Å². The Morgan fingerprint density at radius 1 is 0.969 bits per heavy atom. The van der Waals surface area contributed by atoms with E-state index < -0.39 is 29.5 Å². The van der Waals surface area contributed by atoms with Gasteiger partial charge in [-0.1, -0.05) is 48.5 Å². The molecule has 2 aromatic rings. The van der Waals surface area contributed by atoms with Gasteiger partial charge in [0.25, 0.3) is 0 Å². The van der Waals surface area contributed by atoms with Gasteiger partial charge in [-0.05, 0) is 31.0 Å². The van der Waals surface area contributed by atoms with Crippen LogP contribution in [0.2, 0.25) is 0 Å². The van der Waals surface area contributed by atoms with E-state index in [0.717, 1.165) is 18.7 Å². The summed E-state index contributed by atoms with van der Waals surface area (Å²) in [6, 6.07) is 14.1. The lowest BCUT2D eigenvalue weighted by Gasteiger charge is -2.32. The van der Waals surface area contributed by atoms with Crippen LogP contribution in [0, 0.1) is 0 Å². The number of rotatable bonds is 5. The van der Waals surface area contributed by atoms with E-state index in [-0.39, 0.29) is 23.3 Å². The highest BCUT2D eigenvalue weighted by Crippen LogP contribution is 2.44. The van der Waals surface area contributed by atoms with E-state index in [1.807, 2.05) is 30.3 Å². The summed E-state index contributed by atoms with van der Waals surface area (Å²) in [6.45, 7) is 3.34. The molecule has 1 amide bonds. The quantitative estimate of drug-likeness (QED) is 0.670. The number of amides is 1. The first kappa shape index (κ1) is 23.1. The summed E-state index contributed by atoms with van der Waals surface area (Å²) < 4.78 is 46.4. The Morgan fingerprint density at radius 3 is 2.19 bits per heavy atom. The molecule has 0 fully saturated rings. The van der Waals surface area contributed by atoms with Gasteiger partial charge in [0.2, 0.25) is 5.91 Å². The van der Waals surface area contributed by atoms with Crippen LogP contribution in [0.1, 0.15) is 36.5 Å². The molecule has 2 aromatic carbocycles. The van der Waals surface area contributed by atoms with E-state index in [1.54, 1.807) is 13.8 Å². The van der Waals surface area contributed by atoms with Crippen LogP contribution in [0.15, 0.2) is 77.1 Å². The lowest BCUT2D eigenvalue weighted by Crippen LogP contribution is -2.36. The number of methoxy groups -OCH3 is 1. The summed E-state index contributed by atoms with van der Waals surface area (Å²) in [5, 5.41) is 5.70. The fourth-order valence-corrected chi connectivity index (χ4v) is 3.87. The van der Waals surface area contributed by atoms with Gasteiger partial charge in [-0.15, -0.1) is 0 Å². The number of benzene rings is 2. The van der Waals surface area contributed by atoms with Crippen LogP contribution in [0.25, 0.3) is 0 Å². The van der Waals surface area contributed by atoms with Crippen LogP contribution < -0.4 is 10.6 Å². The van der Waals surface area contributed by atoms with Crippen LogP contribution in [-0.4, -0.2) is 19.0 Å². The fraction of sp³-hybridized carbons (Fsp3) is 0.250. The van der Waals surface area contributed by atoms with Crippen molar-refractivity contribution in [3.63, 3.8) is 0 Å². The SMILES string of the molecule is COC(=O)C1=C(C)NC(C)=C(C(=O)NCc2ccccc2)C1c1ccccc1C(F)(F)F. The van der Waals surface area contributed by atoms with Crippen LogP contribution in [0.5, 0.6) is 0 Å². The minimum Gasteiger partial charge on any atom is -0.466 e. The third-order valence-corrected chi connectivity index (χ3v) is 5.28. The molecule has 0 spiro atoms. The van der Waals surface area contributed by atoms with E-state index >= 15 is 0 Å². The summed E-state index contributed by atoms with van der Waals surface area (Å²) in [6.07, 6.45) is -4.67. The number of carbonyl (C=O) groups is 2. The van der Waals surface area contributed by atoms with Crippen molar-refractivity contribution in [3.05, 3.63) is 93.8 Å². The first-order valence-corrected chi connectivity index (χ1v) is 9.90. The second kappa shape index (κ2) is 9.30. The van der Waals surface area contributed by atoms with Gasteiger partial charge in [0.1, 0.15) is 0 Å². The average Bonchev–Trinajstić information content (AvgIpc) is 2.76. The number of nitrogens with one attached hydrogen (secondary N) is 2. The van der Waals surface area contributed by atoms with Crippen LogP contribution >= 0.6 is 0 Å². The van der Waals surface area contributed by atoms with E-state index in [2.05, 4.69) is 10.6 Å². The number of carbonyl (C=O) groups excluding carboxylic acids is 2. The molecule has 5 nitrogen and oxygen atoms in total. The summed E-state index contributed by atoms with van der Waals surface area (Å²) in [5.74, 6) is -2.63. The molecule has 1 atom stereocenters. The second-order valence-corrected chi connectivity index (χ2v) is 7.38. The number of esters is 1. The Balaban J connectivity index is 2.11. The predicted octanol–water partition coefficient (Wildman–Crippen LogP) is 4.43. The summed E-state index contributed by atoms with van der Waals surface area (Å²) in [7, 11) is 1.15.